The summed E-state index contributed by atoms with van der Waals surface area (Å²) in [4.78, 5) is 0. The SMILES string of the molecule is OCl.c1cc[c]([Bi]([c]2ccccc2)[c]2ccccc2)cc1. The summed E-state index contributed by atoms with van der Waals surface area (Å²) >= 11 is 1.58. The Morgan fingerprint density at radius 2 is 0.714 bits per heavy atom. The number of halogens is 1. The maximum atomic E-state index is 6.47. The number of hydrogen-bond donors (Lipinski definition) is 1. The molecular weight excluding hydrogens is 477 g/mol. The molecule has 0 aromatic heterocycles. The summed E-state index contributed by atoms with van der Waals surface area (Å²) < 4.78 is 11.1. The number of benzene rings is 3. The van der Waals surface area contributed by atoms with Crippen LogP contribution in [0.15, 0.2) is 91.0 Å². The van der Waals surface area contributed by atoms with Gasteiger partial charge >= 0.3 is 123 Å². The summed E-state index contributed by atoms with van der Waals surface area (Å²) in [5, 5.41) is 0. The molecule has 1 nitrogen and oxygen atoms in total. The molecule has 21 heavy (non-hydrogen) atoms. The number of rotatable bonds is 3. The van der Waals surface area contributed by atoms with E-state index in [1.165, 1.54) is 9.81 Å². The third kappa shape index (κ3) is 4.38. The molecule has 3 heteroatoms. The van der Waals surface area contributed by atoms with Crippen molar-refractivity contribution in [3.63, 3.8) is 0 Å². The second-order valence-corrected chi connectivity index (χ2v) is 13.0. The van der Waals surface area contributed by atoms with Crippen LogP contribution in [-0.2, 0) is 0 Å². The van der Waals surface area contributed by atoms with Gasteiger partial charge in [0.15, 0.2) is 0 Å². The predicted molar refractivity (Wildman–Crippen MR) is 92.1 cm³/mol. The number of hydrogen-bond acceptors (Lipinski definition) is 1. The summed E-state index contributed by atoms with van der Waals surface area (Å²) in [5.74, 6) is 0. The maximum absolute atomic E-state index is 6.47. The molecule has 0 saturated carbocycles. The molecule has 3 rings (SSSR count). The Labute approximate surface area is 138 Å². The molecule has 0 fully saturated rings. The topological polar surface area (TPSA) is 20.2 Å². The van der Waals surface area contributed by atoms with E-state index in [1.54, 1.807) is 0 Å². The Bertz CT molecular complexity index is 535. The zero-order valence-corrected chi connectivity index (χ0v) is 15.7. The van der Waals surface area contributed by atoms with Gasteiger partial charge < -0.3 is 0 Å². The van der Waals surface area contributed by atoms with Crippen molar-refractivity contribution in [1.29, 1.82) is 0 Å². The molecule has 1 N–H and O–H groups in total. The van der Waals surface area contributed by atoms with Gasteiger partial charge in [-0.05, 0) is 0 Å². The van der Waals surface area contributed by atoms with E-state index >= 15 is 0 Å². The van der Waals surface area contributed by atoms with Crippen molar-refractivity contribution in [3.05, 3.63) is 91.0 Å². The van der Waals surface area contributed by atoms with Gasteiger partial charge in [-0.25, -0.2) is 0 Å². The second-order valence-electron chi connectivity index (χ2n) is 4.34. The average molecular weight is 493 g/mol. The third-order valence-electron chi connectivity index (χ3n) is 3.04. The van der Waals surface area contributed by atoms with Crippen LogP contribution in [0, 0.1) is 0 Å². The molecule has 0 amide bonds. The van der Waals surface area contributed by atoms with E-state index in [0.29, 0.717) is 0 Å². The van der Waals surface area contributed by atoms with Crippen LogP contribution in [0.5, 0.6) is 0 Å². The Morgan fingerprint density at radius 1 is 0.476 bits per heavy atom. The average Bonchev–Trinajstić information content (AvgIpc) is 2.60. The fourth-order valence-electron chi connectivity index (χ4n) is 2.18. The van der Waals surface area contributed by atoms with E-state index in [0.717, 1.165) is 0 Å². The van der Waals surface area contributed by atoms with Crippen molar-refractivity contribution >= 4 is 43.4 Å². The van der Waals surface area contributed by atoms with E-state index in [4.69, 9.17) is 4.66 Å². The summed E-state index contributed by atoms with van der Waals surface area (Å²) in [7, 11) is 0. The fraction of sp³-hybridized carbons (Fsp3) is 0. The molecule has 0 aliphatic heterocycles. The molecular formula is C18H16BiClO. The molecule has 3 aromatic rings. The standard InChI is InChI=1S/3C6H5.Bi.ClHO/c3*1-2-4-6-5-3-1;;1-2/h3*1-5H;;2H. The fourth-order valence-corrected chi connectivity index (χ4v) is 11.1. The molecule has 0 unspecified atom stereocenters. The van der Waals surface area contributed by atoms with Crippen molar-refractivity contribution in [2.24, 2.45) is 0 Å². The molecule has 0 saturated heterocycles. The first-order valence-corrected chi connectivity index (χ1v) is 12.1. The molecule has 0 atom stereocenters. The summed E-state index contributed by atoms with van der Waals surface area (Å²) in [6.45, 7) is 0. The zero-order chi connectivity index (χ0) is 14.9. The Balaban J connectivity index is 0.000000774. The normalized spacial score (nSPS) is 9.86. The van der Waals surface area contributed by atoms with Crippen molar-refractivity contribution in [2.75, 3.05) is 0 Å². The van der Waals surface area contributed by atoms with E-state index in [1.807, 2.05) is 0 Å². The van der Waals surface area contributed by atoms with Gasteiger partial charge in [-0.1, -0.05) is 0 Å². The van der Waals surface area contributed by atoms with E-state index in [9.17, 15) is 0 Å². The Morgan fingerprint density at radius 3 is 0.952 bits per heavy atom. The van der Waals surface area contributed by atoms with Crippen LogP contribution in [0.1, 0.15) is 0 Å². The Hall–Kier alpha value is -1.21. The van der Waals surface area contributed by atoms with E-state index in [2.05, 4.69) is 103 Å². The third-order valence-corrected chi connectivity index (χ3v) is 12.5. The molecule has 0 heterocycles. The van der Waals surface area contributed by atoms with Crippen LogP contribution in [0.3, 0.4) is 0 Å². The van der Waals surface area contributed by atoms with Crippen LogP contribution < -0.4 is 9.81 Å². The van der Waals surface area contributed by atoms with Gasteiger partial charge in [-0.15, -0.1) is 0 Å². The van der Waals surface area contributed by atoms with E-state index < -0.39 is 21.8 Å². The van der Waals surface area contributed by atoms with Gasteiger partial charge in [-0.2, -0.15) is 0 Å². The van der Waals surface area contributed by atoms with E-state index in [-0.39, 0.29) is 0 Å². The molecule has 106 valence electrons. The Kier molecular flexibility index (Phi) is 6.89. The van der Waals surface area contributed by atoms with Gasteiger partial charge in [0.2, 0.25) is 0 Å². The summed E-state index contributed by atoms with van der Waals surface area (Å²) in [6.07, 6.45) is 0. The zero-order valence-electron chi connectivity index (χ0n) is 11.4. The van der Waals surface area contributed by atoms with Gasteiger partial charge in [-0.3, -0.25) is 4.66 Å². The second kappa shape index (κ2) is 8.94. The van der Waals surface area contributed by atoms with Crippen molar-refractivity contribution < 1.29 is 4.66 Å². The predicted octanol–water partition coefficient (Wildman–Crippen LogP) is 2.34. The van der Waals surface area contributed by atoms with Gasteiger partial charge in [0.25, 0.3) is 0 Å². The first-order chi connectivity index (χ1) is 10.4. The van der Waals surface area contributed by atoms with Crippen LogP contribution in [0.4, 0.5) is 0 Å². The van der Waals surface area contributed by atoms with Gasteiger partial charge in [0, 0.05) is 0 Å². The van der Waals surface area contributed by atoms with Gasteiger partial charge in [0.05, 0.1) is 11.9 Å². The van der Waals surface area contributed by atoms with Gasteiger partial charge in [0.1, 0.15) is 0 Å². The minimum absolute atomic E-state index is 1.54. The monoisotopic (exact) mass is 492 g/mol. The molecule has 0 aliphatic carbocycles. The molecule has 3 aromatic carbocycles. The summed E-state index contributed by atoms with van der Waals surface area (Å²) in [6, 6.07) is 33.0. The first kappa shape index (κ1) is 16.2. The minimum atomic E-state index is -2.06. The van der Waals surface area contributed by atoms with Crippen LogP contribution >= 0.6 is 11.9 Å². The quantitative estimate of drug-likeness (QED) is 0.557. The summed E-state index contributed by atoms with van der Waals surface area (Å²) in [5.41, 5.74) is 0. The van der Waals surface area contributed by atoms with Crippen molar-refractivity contribution in [1.82, 2.24) is 0 Å². The molecule has 0 bridgehead atoms. The van der Waals surface area contributed by atoms with Crippen molar-refractivity contribution in [2.45, 2.75) is 0 Å². The van der Waals surface area contributed by atoms with Crippen LogP contribution in [0.25, 0.3) is 0 Å². The molecule has 0 aliphatic rings. The molecule has 0 spiro atoms. The first-order valence-electron chi connectivity index (χ1n) is 6.57. The van der Waals surface area contributed by atoms with Crippen LogP contribution in [0.2, 0.25) is 0 Å². The molecule has 0 radical (unpaired) electrons. The van der Waals surface area contributed by atoms with Crippen molar-refractivity contribution in [3.8, 4) is 0 Å². The van der Waals surface area contributed by atoms with Crippen LogP contribution in [-0.4, -0.2) is 26.4 Å².